The van der Waals surface area contributed by atoms with Crippen LogP contribution in [0.4, 0.5) is 0 Å². The van der Waals surface area contributed by atoms with E-state index in [1.54, 1.807) is 6.07 Å². The van der Waals surface area contributed by atoms with E-state index in [2.05, 4.69) is 4.72 Å². The Labute approximate surface area is 93.3 Å². The zero-order valence-corrected chi connectivity index (χ0v) is 9.37. The van der Waals surface area contributed by atoms with Crippen LogP contribution in [0, 0.1) is 0 Å². The number of hydrogen-bond donors (Lipinski definition) is 2. The fourth-order valence-corrected chi connectivity index (χ4v) is 2.13. The molecule has 6 nitrogen and oxygen atoms in total. The molecule has 0 unspecified atom stereocenters. The van der Waals surface area contributed by atoms with Crippen LogP contribution in [0.5, 0.6) is 0 Å². The third kappa shape index (κ3) is 4.94. The Bertz CT molecular complexity index is 423. The SMILES string of the molecule is O=C(O)CCCS(=O)(=O)NCc1ccoc1. The zero-order valence-electron chi connectivity index (χ0n) is 8.55. The first-order chi connectivity index (χ1) is 7.49. The normalized spacial score (nSPS) is 11.5. The highest BCUT2D eigenvalue weighted by atomic mass is 32.2. The predicted octanol–water partition coefficient (Wildman–Crippen LogP) is 0.564. The molecule has 1 heterocycles. The van der Waals surface area contributed by atoms with Crippen LogP contribution in [0.1, 0.15) is 18.4 Å². The molecule has 1 rings (SSSR count). The van der Waals surface area contributed by atoms with E-state index < -0.39 is 16.0 Å². The van der Waals surface area contributed by atoms with Crippen molar-refractivity contribution in [3.05, 3.63) is 24.2 Å². The second kappa shape index (κ2) is 5.66. The van der Waals surface area contributed by atoms with Gasteiger partial charge in [-0.15, -0.1) is 0 Å². The molecule has 0 bridgehead atoms. The molecule has 0 fully saturated rings. The predicted molar refractivity (Wildman–Crippen MR) is 56.2 cm³/mol. The molecule has 0 atom stereocenters. The Morgan fingerprint density at radius 1 is 1.50 bits per heavy atom. The largest absolute Gasteiger partial charge is 0.481 e. The summed E-state index contributed by atoms with van der Waals surface area (Å²) in [7, 11) is -3.41. The lowest BCUT2D eigenvalue weighted by molar-refractivity contribution is -0.137. The summed E-state index contributed by atoms with van der Waals surface area (Å²) in [5.74, 6) is -1.18. The van der Waals surface area contributed by atoms with Gasteiger partial charge in [-0.2, -0.15) is 0 Å². The number of carbonyl (C=O) groups is 1. The first-order valence-electron chi connectivity index (χ1n) is 4.70. The second-order valence-electron chi connectivity index (χ2n) is 3.27. The van der Waals surface area contributed by atoms with Gasteiger partial charge in [-0.25, -0.2) is 13.1 Å². The molecule has 0 aliphatic rings. The van der Waals surface area contributed by atoms with Gasteiger partial charge in [-0.05, 0) is 12.5 Å². The van der Waals surface area contributed by atoms with Crippen molar-refractivity contribution in [2.24, 2.45) is 0 Å². The molecule has 90 valence electrons. The maximum absolute atomic E-state index is 11.4. The molecule has 2 N–H and O–H groups in total. The molecule has 0 saturated heterocycles. The molecule has 0 spiro atoms. The zero-order chi connectivity index (χ0) is 12.0. The molecule has 0 amide bonds. The van der Waals surface area contributed by atoms with Crippen molar-refractivity contribution in [1.29, 1.82) is 0 Å². The number of sulfonamides is 1. The van der Waals surface area contributed by atoms with E-state index in [0.717, 1.165) is 5.56 Å². The molecule has 0 radical (unpaired) electrons. The third-order valence-corrected chi connectivity index (χ3v) is 3.29. The highest BCUT2D eigenvalue weighted by molar-refractivity contribution is 7.89. The summed E-state index contributed by atoms with van der Waals surface area (Å²) in [6.45, 7) is 0.159. The Morgan fingerprint density at radius 3 is 2.81 bits per heavy atom. The van der Waals surface area contributed by atoms with Crippen molar-refractivity contribution in [2.45, 2.75) is 19.4 Å². The molecular formula is C9H13NO5S. The maximum Gasteiger partial charge on any atom is 0.303 e. The number of carboxylic acids is 1. The number of aliphatic carboxylic acids is 1. The minimum Gasteiger partial charge on any atom is -0.481 e. The lowest BCUT2D eigenvalue weighted by atomic mass is 10.3. The number of rotatable bonds is 7. The molecule has 0 aromatic carbocycles. The van der Waals surface area contributed by atoms with Crippen LogP contribution in [-0.4, -0.2) is 25.2 Å². The minimum absolute atomic E-state index is 0.107. The van der Waals surface area contributed by atoms with Gasteiger partial charge in [0.25, 0.3) is 0 Å². The number of nitrogens with one attached hydrogen (secondary N) is 1. The first kappa shape index (κ1) is 12.7. The van der Waals surface area contributed by atoms with Crippen LogP contribution in [0.2, 0.25) is 0 Å². The van der Waals surface area contributed by atoms with Crippen molar-refractivity contribution >= 4 is 16.0 Å². The quantitative estimate of drug-likeness (QED) is 0.734. The number of furan rings is 1. The van der Waals surface area contributed by atoms with Gasteiger partial charge >= 0.3 is 5.97 Å². The standard InChI is InChI=1S/C9H13NO5S/c11-9(12)2-1-5-16(13,14)10-6-8-3-4-15-7-8/h3-4,7,10H,1-2,5-6H2,(H,11,12). The van der Waals surface area contributed by atoms with Crippen LogP contribution in [0.25, 0.3) is 0 Å². The van der Waals surface area contributed by atoms with Gasteiger partial charge in [0.2, 0.25) is 10.0 Å². The average molecular weight is 247 g/mol. The van der Waals surface area contributed by atoms with Gasteiger partial charge in [0.1, 0.15) is 0 Å². The van der Waals surface area contributed by atoms with Crippen LogP contribution in [0.15, 0.2) is 23.0 Å². The van der Waals surface area contributed by atoms with E-state index >= 15 is 0 Å². The summed E-state index contributed by atoms with van der Waals surface area (Å²) in [5, 5.41) is 8.36. The molecule has 1 aromatic rings. The highest BCUT2D eigenvalue weighted by Crippen LogP contribution is 2.01. The third-order valence-electron chi connectivity index (χ3n) is 1.88. The Hall–Kier alpha value is -1.34. The fraction of sp³-hybridized carbons (Fsp3) is 0.444. The summed E-state index contributed by atoms with van der Waals surface area (Å²) in [6.07, 6.45) is 2.86. The van der Waals surface area contributed by atoms with E-state index in [9.17, 15) is 13.2 Å². The summed E-state index contributed by atoms with van der Waals surface area (Å²) in [6, 6.07) is 1.65. The summed E-state index contributed by atoms with van der Waals surface area (Å²) < 4.78 is 29.9. The van der Waals surface area contributed by atoms with Crippen molar-refractivity contribution in [3.63, 3.8) is 0 Å². The van der Waals surface area contributed by atoms with E-state index in [-0.39, 0.29) is 25.1 Å². The molecule has 16 heavy (non-hydrogen) atoms. The fourth-order valence-electron chi connectivity index (χ4n) is 1.07. The monoisotopic (exact) mass is 247 g/mol. The minimum atomic E-state index is -3.41. The Kier molecular flexibility index (Phi) is 4.51. The van der Waals surface area contributed by atoms with Crippen LogP contribution >= 0.6 is 0 Å². The van der Waals surface area contributed by atoms with Crippen molar-refractivity contribution in [2.75, 3.05) is 5.75 Å². The number of carboxylic acid groups (broad SMARTS) is 1. The van der Waals surface area contributed by atoms with Crippen molar-refractivity contribution in [1.82, 2.24) is 4.72 Å². The molecule has 1 aromatic heterocycles. The Morgan fingerprint density at radius 2 is 2.25 bits per heavy atom. The molecule has 0 saturated carbocycles. The van der Waals surface area contributed by atoms with Gasteiger partial charge in [0, 0.05) is 18.5 Å². The van der Waals surface area contributed by atoms with Gasteiger partial charge < -0.3 is 9.52 Å². The summed E-state index contributed by atoms with van der Waals surface area (Å²) in [4.78, 5) is 10.2. The number of hydrogen-bond acceptors (Lipinski definition) is 4. The lowest BCUT2D eigenvalue weighted by Crippen LogP contribution is -2.26. The maximum atomic E-state index is 11.4. The van der Waals surface area contributed by atoms with Gasteiger partial charge in [-0.1, -0.05) is 0 Å². The van der Waals surface area contributed by atoms with Crippen LogP contribution in [0.3, 0.4) is 0 Å². The van der Waals surface area contributed by atoms with Crippen molar-refractivity contribution < 1.29 is 22.7 Å². The van der Waals surface area contributed by atoms with Gasteiger partial charge in [0.15, 0.2) is 0 Å². The summed E-state index contributed by atoms with van der Waals surface area (Å²) >= 11 is 0. The Balaban J connectivity index is 2.31. The van der Waals surface area contributed by atoms with E-state index in [1.807, 2.05) is 0 Å². The van der Waals surface area contributed by atoms with E-state index in [4.69, 9.17) is 9.52 Å². The first-order valence-corrected chi connectivity index (χ1v) is 6.35. The van der Waals surface area contributed by atoms with Crippen LogP contribution in [-0.2, 0) is 21.4 Å². The highest BCUT2D eigenvalue weighted by Gasteiger charge is 2.11. The van der Waals surface area contributed by atoms with Gasteiger partial charge in [0.05, 0.1) is 18.3 Å². The van der Waals surface area contributed by atoms with E-state index in [1.165, 1.54) is 12.5 Å². The molecule has 0 aliphatic heterocycles. The lowest BCUT2D eigenvalue weighted by Gasteiger charge is -2.03. The molecule has 7 heteroatoms. The smallest absolute Gasteiger partial charge is 0.303 e. The average Bonchev–Trinajstić information content (AvgIpc) is 2.66. The van der Waals surface area contributed by atoms with E-state index in [0.29, 0.717) is 0 Å². The topological polar surface area (TPSA) is 96.6 Å². The molecular weight excluding hydrogens is 234 g/mol. The molecule has 0 aliphatic carbocycles. The van der Waals surface area contributed by atoms with Crippen LogP contribution < -0.4 is 4.72 Å². The second-order valence-corrected chi connectivity index (χ2v) is 5.20. The van der Waals surface area contributed by atoms with Gasteiger partial charge in [-0.3, -0.25) is 4.79 Å². The van der Waals surface area contributed by atoms with Crippen molar-refractivity contribution in [3.8, 4) is 0 Å². The summed E-state index contributed by atoms with van der Waals surface area (Å²) in [5.41, 5.74) is 0.724.